The lowest BCUT2D eigenvalue weighted by molar-refractivity contribution is -0.115. The van der Waals surface area contributed by atoms with Gasteiger partial charge >= 0.3 is 0 Å². The molecule has 2 amide bonds. The molecule has 3 heterocycles. The predicted octanol–water partition coefficient (Wildman–Crippen LogP) is 4.27. The number of hydrogen-bond acceptors (Lipinski definition) is 7. The van der Waals surface area contributed by atoms with Gasteiger partial charge in [0.05, 0.1) is 18.5 Å². The Kier molecular flexibility index (Phi) is 4.54. The second kappa shape index (κ2) is 7.62. The summed E-state index contributed by atoms with van der Waals surface area (Å²) in [4.78, 5) is 32.9. The Morgan fingerprint density at radius 3 is 2.85 bits per heavy atom. The first kappa shape index (κ1) is 20.3. The molecule has 2 aromatic heterocycles. The number of anilines is 2. The quantitative estimate of drug-likeness (QED) is 0.457. The van der Waals surface area contributed by atoms with Crippen LogP contribution >= 0.6 is 0 Å². The van der Waals surface area contributed by atoms with E-state index in [1.807, 2.05) is 19.1 Å². The third kappa shape index (κ3) is 3.62. The molecular formula is C24H18FN5O4. The number of nitrogens with one attached hydrogen (secondary N) is 2. The largest absolute Gasteiger partial charge is 0.431 e. The molecule has 0 radical (unpaired) electrons. The zero-order valence-corrected chi connectivity index (χ0v) is 18.0. The van der Waals surface area contributed by atoms with Crippen molar-refractivity contribution in [2.75, 3.05) is 10.6 Å². The van der Waals surface area contributed by atoms with Crippen LogP contribution in [0.2, 0.25) is 0 Å². The Labute approximate surface area is 192 Å². The first-order chi connectivity index (χ1) is 16.4. The van der Waals surface area contributed by atoms with E-state index in [2.05, 4.69) is 25.8 Å². The number of benzene rings is 2. The molecule has 34 heavy (non-hydrogen) atoms. The van der Waals surface area contributed by atoms with Crippen molar-refractivity contribution in [1.82, 2.24) is 15.1 Å². The van der Waals surface area contributed by atoms with Gasteiger partial charge in [-0.3, -0.25) is 9.59 Å². The van der Waals surface area contributed by atoms with Crippen molar-refractivity contribution >= 4 is 23.2 Å². The molecule has 2 aromatic carbocycles. The molecule has 170 valence electrons. The molecule has 10 heteroatoms. The van der Waals surface area contributed by atoms with Crippen LogP contribution in [0.25, 0.3) is 22.8 Å². The maximum absolute atomic E-state index is 13.3. The van der Waals surface area contributed by atoms with Gasteiger partial charge in [0.2, 0.25) is 29.3 Å². The minimum Gasteiger partial charge on any atom is -0.431 e. The fourth-order valence-corrected chi connectivity index (χ4v) is 3.86. The maximum atomic E-state index is 13.3. The summed E-state index contributed by atoms with van der Waals surface area (Å²) in [6, 6.07) is 10.8. The van der Waals surface area contributed by atoms with Crippen LogP contribution in [0, 0.1) is 6.92 Å². The molecule has 1 aliphatic heterocycles. The lowest BCUT2D eigenvalue weighted by Gasteiger charge is -2.08. The van der Waals surface area contributed by atoms with E-state index in [4.69, 9.17) is 8.94 Å². The molecule has 2 N–H and O–H groups in total. The van der Waals surface area contributed by atoms with Gasteiger partial charge in [0.25, 0.3) is 5.91 Å². The summed E-state index contributed by atoms with van der Waals surface area (Å²) in [6.45, 7) is 1.85. The minimum atomic E-state index is -0.927. The second-order valence-corrected chi connectivity index (χ2v) is 8.42. The van der Waals surface area contributed by atoms with Crippen molar-refractivity contribution in [3.05, 3.63) is 65.4 Å². The average molecular weight is 459 g/mol. The Morgan fingerprint density at radius 1 is 1.21 bits per heavy atom. The molecule has 1 fully saturated rings. The van der Waals surface area contributed by atoms with Gasteiger partial charge in [-0.25, -0.2) is 9.37 Å². The number of carbonyl (C=O) groups excluding carboxylic acids is 2. The molecule has 6 rings (SSSR count). The second-order valence-electron chi connectivity index (χ2n) is 8.42. The Balaban J connectivity index is 1.21. The number of fused-ring (bicyclic) bond motifs is 1. The zero-order chi connectivity index (χ0) is 23.4. The van der Waals surface area contributed by atoms with E-state index in [0.29, 0.717) is 41.2 Å². The van der Waals surface area contributed by atoms with Gasteiger partial charge in [-0.05, 0) is 42.7 Å². The summed E-state index contributed by atoms with van der Waals surface area (Å²) in [5, 5.41) is 9.54. The zero-order valence-electron chi connectivity index (χ0n) is 18.0. The third-order valence-corrected chi connectivity index (χ3v) is 5.93. The number of alkyl halides is 1. The van der Waals surface area contributed by atoms with Gasteiger partial charge in [0, 0.05) is 22.5 Å². The van der Waals surface area contributed by atoms with Crippen molar-refractivity contribution in [1.29, 1.82) is 0 Å². The Bertz CT molecular complexity index is 1460. The molecule has 9 nitrogen and oxygen atoms in total. The molecule has 0 saturated heterocycles. The highest BCUT2D eigenvalue weighted by atomic mass is 19.1. The number of aryl methyl sites for hydroxylation is 1. The number of rotatable bonds is 5. The van der Waals surface area contributed by atoms with Crippen LogP contribution in [0.1, 0.15) is 39.9 Å². The van der Waals surface area contributed by atoms with Gasteiger partial charge in [-0.15, -0.1) is 0 Å². The summed E-state index contributed by atoms with van der Waals surface area (Å²) < 4.78 is 24.1. The summed E-state index contributed by atoms with van der Waals surface area (Å²) in [7, 11) is 0. The van der Waals surface area contributed by atoms with Gasteiger partial charge in [-0.1, -0.05) is 23.4 Å². The molecule has 4 aromatic rings. The summed E-state index contributed by atoms with van der Waals surface area (Å²) in [5.41, 5.74) is 4.27. The lowest BCUT2D eigenvalue weighted by Crippen LogP contribution is -2.12. The van der Waals surface area contributed by atoms with Crippen LogP contribution in [0.3, 0.4) is 0 Å². The average Bonchev–Trinajstić information content (AvgIpc) is 3.26. The van der Waals surface area contributed by atoms with Crippen molar-refractivity contribution in [3.8, 4) is 22.8 Å². The number of amides is 2. The standard InChI is InChI=1S/C24H18FN5O4/c1-11-2-3-13(21-29-24(34-30-21)15-9-16(15)25)6-17(11)28-22(32)19-10-26-23(33-19)14-5-4-12-8-20(31)27-18(12)7-14/h2-7,10,15-16H,8-9H2,1H3,(H,27,31)(H,28,32)/t15-,16-/m0/s1. The van der Waals surface area contributed by atoms with E-state index < -0.39 is 12.1 Å². The topological polar surface area (TPSA) is 123 Å². The number of halogens is 1. The number of carbonyl (C=O) groups is 2. The smallest absolute Gasteiger partial charge is 0.293 e. The molecule has 0 bridgehead atoms. The number of aromatic nitrogens is 3. The van der Waals surface area contributed by atoms with E-state index >= 15 is 0 Å². The molecule has 0 spiro atoms. The van der Waals surface area contributed by atoms with Gasteiger partial charge in [0.15, 0.2) is 0 Å². The molecule has 0 unspecified atom stereocenters. The van der Waals surface area contributed by atoms with E-state index in [9.17, 15) is 14.0 Å². The highest BCUT2D eigenvalue weighted by molar-refractivity contribution is 6.03. The maximum Gasteiger partial charge on any atom is 0.293 e. The first-order valence-corrected chi connectivity index (χ1v) is 10.7. The highest BCUT2D eigenvalue weighted by Gasteiger charge is 2.43. The van der Waals surface area contributed by atoms with E-state index in [1.54, 1.807) is 24.3 Å². The highest BCUT2D eigenvalue weighted by Crippen LogP contribution is 2.43. The van der Waals surface area contributed by atoms with E-state index in [-0.39, 0.29) is 29.4 Å². The van der Waals surface area contributed by atoms with Crippen LogP contribution in [-0.2, 0) is 11.2 Å². The third-order valence-electron chi connectivity index (χ3n) is 5.93. The summed E-state index contributed by atoms with van der Waals surface area (Å²) >= 11 is 0. The minimum absolute atomic E-state index is 0.0360. The Morgan fingerprint density at radius 2 is 2.03 bits per heavy atom. The molecule has 1 aliphatic carbocycles. The van der Waals surface area contributed by atoms with E-state index in [0.717, 1.165) is 11.1 Å². The van der Waals surface area contributed by atoms with Crippen LogP contribution in [0.15, 0.2) is 51.5 Å². The van der Waals surface area contributed by atoms with Crippen LogP contribution in [0.5, 0.6) is 0 Å². The molecule has 1 saturated carbocycles. The van der Waals surface area contributed by atoms with Crippen LogP contribution in [0.4, 0.5) is 15.8 Å². The van der Waals surface area contributed by atoms with Crippen molar-refractivity contribution in [3.63, 3.8) is 0 Å². The van der Waals surface area contributed by atoms with E-state index in [1.165, 1.54) is 6.20 Å². The fourth-order valence-electron chi connectivity index (χ4n) is 3.86. The van der Waals surface area contributed by atoms with Crippen LogP contribution in [-0.4, -0.2) is 33.1 Å². The predicted molar refractivity (Wildman–Crippen MR) is 119 cm³/mol. The monoisotopic (exact) mass is 459 g/mol. The van der Waals surface area contributed by atoms with Crippen molar-refractivity contribution in [2.45, 2.75) is 31.9 Å². The van der Waals surface area contributed by atoms with Crippen molar-refractivity contribution < 1.29 is 22.9 Å². The summed E-state index contributed by atoms with van der Waals surface area (Å²) in [5.74, 6) is 0.0608. The lowest BCUT2D eigenvalue weighted by atomic mass is 10.1. The number of nitrogens with zero attached hydrogens (tertiary/aromatic N) is 3. The van der Waals surface area contributed by atoms with Crippen molar-refractivity contribution in [2.24, 2.45) is 0 Å². The Hall–Kier alpha value is -4.34. The summed E-state index contributed by atoms with van der Waals surface area (Å²) in [6.07, 6.45) is 1.17. The first-order valence-electron chi connectivity index (χ1n) is 10.7. The van der Waals surface area contributed by atoms with Gasteiger partial charge in [-0.2, -0.15) is 4.98 Å². The SMILES string of the molecule is Cc1ccc(-c2noc([C@H]3C[C@@H]3F)n2)cc1NC(=O)c1cnc(-c2ccc3c(c2)NC(=O)C3)o1. The van der Waals surface area contributed by atoms with Gasteiger partial charge < -0.3 is 19.6 Å². The number of oxazole rings is 1. The van der Waals surface area contributed by atoms with Crippen LogP contribution < -0.4 is 10.6 Å². The number of hydrogen-bond donors (Lipinski definition) is 2. The fraction of sp³-hybridized carbons (Fsp3) is 0.208. The normalized spacial score (nSPS) is 18.5. The molecule has 2 atom stereocenters. The van der Waals surface area contributed by atoms with Gasteiger partial charge in [0.1, 0.15) is 6.17 Å². The molecular weight excluding hydrogens is 441 g/mol. The molecule has 2 aliphatic rings.